The Morgan fingerprint density at radius 1 is 1.19 bits per heavy atom. The van der Waals surface area contributed by atoms with Gasteiger partial charge in [0.1, 0.15) is 6.61 Å². The molecule has 2 aromatic rings. The zero-order valence-electron chi connectivity index (χ0n) is 20.6. The van der Waals surface area contributed by atoms with Gasteiger partial charge in [0, 0.05) is 30.7 Å². The quantitative estimate of drug-likeness (QED) is 0.556. The van der Waals surface area contributed by atoms with Crippen molar-refractivity contribution >= 4 is 49.5 Å². The first kappa shape index (κ1) is 24.7. The van der Waals surface area contributed by atoms with Crippen LogP contribution in [0.25, 0.3) is 0 Å². The molecule has 4 aliphatic rings. The number of oxime groups is 1. The first-order chi connectivity index (χ1) is 17.5. The van der Waals surface area contributed by atoms with Crippen molar-refractivity contribution in [2.75, 3.05) is 40.9 Å². The van der Waals surface area contributed by atoms with Crippen molar-refractivity contribution in [2.24, 2.45) is 5.16 Å². The molecule has 0 spiro atoms. The molecule has 4 heterocycles. The zero-order valence-corrected chi connectivity index (χ0v) is 22.2. The maximum Gasteiger partial charge on any atom is 0.291 e. The number of aromatic nitrogens is 2. The van der Waals surface area contributed by atoms with Gasteiger partial charge in [-0.2, -0.15) is 0 Å². The van der Waals surface area contributed by atoms with E-state index in [9.17, 15) is 17.2 Å². The number of hydrogen-bond acceptors (Lipinski definition) is 11. The second-order valence-corrected chi connectivity index (χ2v) is 13.0. The lowest BCUT2D eigenvalue weighted by Gasteiger charge is -2.39. The lowest BCUT2D eigenvalue weighted by atomic mass is 10.1. The van der Waals surface area contributed by atoms with E-state index in [1.165, 1.54) is 0 Å². The van der Waals surface area contributed by atoms with E-state index in [2.05, 4.69) is 44.1 Å². The van der Waals surface area contributed by atoms with Crippen LogP contribution in [0.3, 0.4) is 0 Å². The van der Waals surface area contributed by atoms with Gasteiger partial charge >= 0.3 is 0 Å². The molecule has 1 aliphatic carbocycles. The predicted octanol–water partition coefficient (Wildman–Crippen LogP) is 2.75. The standard InChI is InChI=1S/C22H28F2N8O3S2/c1-12-10-30(11-13(2)25-12)15-8-14(37(33,34)29-22(3)4-5-22)9-16-17(15)31-6-7-35-28-20(31)32(16)21-27-26-19(36-21)18(23)24/h8-9,12-13,18,25,29H,4-7,10-11H2,1-3H3. The van der Waals surface area contributed by atoms with Crippen LogP contribution in [-0.2, 0) is 14.9 Å². The molecule has 2 N–H and O–H groups in total. The molecule has 1 saturated heterocycles. The molecule has 0 bridgehead atoms. The predicted molar refractivity (Wildman–Crippen MR) is 136 cm³/mol. The Hall–Kier alpha value is -2.62. The fraction of sp³-hybridized carbons (Fsp3) is 0.591. The van der Waals surface area contributed by atoms with Crippen molar-refractivity contribution in [3.05, 3.63) is 17.1 Å². The average molecular weight is 555 g/mol. The largest absolute Gasteiger partial charge is 0.391 e. The second kappa shape index (κ2) is 8.71. The molecule has 15 heteroatoms. The molecular formula is C22H28F2N8O3S2. The molecule has 6 rings (SSSR count). The Labute approximate surface area is 217 Å². The SMILES string of the molecule is CC1CN(c2cc(S(=O)(=O)NC3(C)CC3)cc3c2N2CCON=C2N3c2nnc(C(F)F)s2)CC(C)N1. The van der Waals surface area contributed by atoms with Crippen LogP contribution >= 0.6 is 11.3 Å². The third-order valence-electron chi connectivity index (χ3n) is 6.95. The Morgan fingerprint density at radius 3 is 2.54 bits per heavy atom. The summed E-state index contributed by atoms with van der Waals surface area (Å²) in [5.41, 5.74) is 1.50. The van der Waals surface area contributed by atoms with E-state index in [-0.39, 0.29) is 22.1 Å². The fourth-order valence-corrected chi connectivity index (χ4v) is 7.29. The third-order valence-corrected chi connectivity index (χ3v) is 9.48. The fourth-order valence-electron chi connectivity index (χ4n) is 5.08. The van der Waals surface area contributed by atoms with Gasteiger partial charge in [-0.15, -0.1) is 10.2 Å². The molecule has 200 valence electrons. The highest BCUT2D eigenvalue weighted by molar-refractivity contribution is 7.89. The Bertz CT molecular complexity index is 1350. The van der Waals surface area contributed by atoms with Crippen molar-refractivity contribution in [3.63, 3.8) is 0 Å². The number of benzene rings is 1. The van der Waals surface area contributed by atoms with E-state index in [0.717, 1.165) is 35.6 Å². The van der Waals surface area contributed by atoms with Crippen molar-refractivity contribution in [1.82, 2.24) is 20.2 Å². The van der Waals surface area contributed by atoms with Crippen LogP contribution in [0.5, 0.6) is 0 Å². The number of alkyl halides is 2. The lowest BCUT2D eigenvalue weighted by Crippen LogP contribution is -2.54. The van der Waals surface area contributed by atoms with Gasteiger partial charge in [0.05, 0.1) is 28.5 Å². The van der Waals surface area contributed by atoms with Crippen molar-refractivity contribution in [3.8, 4) is 0 Å². The van der Waals surface area contributed by atoms with Crippen LogP contribution in [0.4, 0.5) is 31.0 Å². The molecule has 1 aromatic carbocycles. The molecule has 2 unspecified atom stereocenters. The summed E-state index contributed by atoms with van der Waals surface area (Å²) in [5, 5.41) is 15.1. The molecule has 2 fully saturated rings. The highest BCUT2D eigenvalue weighted by atomic mass is 32.2. The van der Waals surface area contributed by atoms with Gasteiger partial charge in [0.15, 0.2) is 5.01 Å². The van der Waals surface area contributed by atoms with Gasteiger partial charge in [-0.25, -0.2) is 26.8 Å². The minimum Gasteiger partial charge on any atom is -0.391 e. The van der Waals surface area contributed by atoms with E-state index in [0.29, 0.717) is 37.9 Å². The maximum absolute atomic E-state index is 13.5. The number of anilines is 4. The van der Waals surface area contributed by atoms with E-state index < -0.39 is 27.0 Å². The molecule has 0 radical (unpaired) electrons. The third kappa shape index (κ3) is 4.41. The lowest BCUT2D eigenvalue weighted by molar-refractivity contribution is 0.142. The minimum absolute atomic E-state index is 0.0955. The number of hydrogen-bond donors (Lipinski definition) is 2. The molecule has 3 aliphatic heterocycles. The number of rotatable bonds is 6. The van der Waals surface area contributed by atoms with E-state index in [1.54, 1.807) is 17.0 Å². The Balaban J connectivity index is 1.55. The first-order valence-electron chi connectivity index (χ1n) is 12.2. The van der Waals surface area contributed by atoms with Crippen molar-refractivity contribution in [2.45, 2.75) is 62.6 Å². The van der Waals surface area contributed by atoms with Gasteiger partial charge < -0.3 is 20.0 Å². The van der Waals surface area contributed by atoms with Crippen LogP contribution < -0.4 is 24.7 Å². The molecule has 0 amide bonds. The van der Waals surface area contributed by atoms with E-state index in [1.807, 2.05) is 11.8 Å². The van der Waals surface area contributed by atoms with Gasteiger partial charge in [0.2, 0.25) is 15.2 Å². The highest BCUT2D eigenvalue weighted by Crippen LogP contribution is 2.51. The summed E-state index contributed by atoms with van der Waals surface area (Å²) < 4.78 is 56.7. The molecule has 1 saturated carbocycles. The molecule has 11 nitrogen and oxygen atoms in total. The summed E-state index contributed by atoms with van der Waals surface area (Å²) in [4.78, 5) is 11.1. The smallest absolute Gasteiger partial charge is 0.291 e. The first-order valence-corrected chi connectivity index (χ1v) is 14.5. The van der Waals surface area contributed by atoms with Crippen LogP contribution in [0.2, 0.25) is 0 Å². The van der Waals surface area contributed by atoms with Gasteiger partial charge in [-0.1, -0.05) is 11.3 Å². The number of nitrogens with zero attached hydrogens (tertiary/aromatic N) is 6. The summed E-state index contributed by atoms with van der Waals surface area (Å²) in [6.07, 6.45) is -1.23. The second-order valence-electron chi connectivity index (χ2n) is 10.3. The zero-order chi connectivity index (χ0) is 26.1. The van der Waals surface area contributed by atoms with Gasteiger partial charge in [-0.3, -0.25) is 0 Å². The number of guanidine groups is 1. The number of fused-ring (bicyclic) bond motifs is 3. The normalized spacial score (nSPS) is 24.6. The summed E-state index contributed by atoms with van der Waals surface area (Å²) in [6.45, 7) is 8.15. The molecule has 2 atom stereocenters. The average Bonchev–Trinajstić information content (AvgIpc) is 3.23. The van der Waals surface area contributed by atoms with Crippen molar-refractivity contribution in [1.29, 1.82) is 0 Å². The van der Waals surface area contributed by atoms with Crippen LogP contribution in [0, 0.1) is 0 Å². The highest BCUT2D eigenvalue weighted by Gasteiger charge is 2.45. The summed E-state index contributed by atoms with van der Waals surface area (Å²) in [6, 6.07) is 3.62. The summed E-state index contributed by atoms with van der Waals surface area (Å²) in [5.74, 6) is 0.340. The Morgan fingerprint density at radius 2 is 1.89 bits per heavy atom. The minimum atomic E-state index is -3.87. The number of halogens is 2. The van der Waals surface area contributed by atoms with Crippen LogP contribution in [0.1, 0.15) is 45.0 Å². The molecule has 1 aromatic heterocycles. The topological polar surface area (TPSA) is 115 Å². The van der Waals surface area contributed by atoms with Gasteiger partial charge in [-0.05, 0) is 50.9 Å². The monoisotopic (exact) mass is 554 g/mol. The number of nitrogens with one attached hydrogen (secondary N) is 2. The van der Waals surface area contributed by atoms with E-state index in [4.69, 9.17) is 4.84 Å². The number of sulfonamides is 1. The van der Waals surface area contributed by atoms with Crippen molar-refractivity contribution < 1.29 is 22.0 Å². The molecular weight excluding hydrogens is 526 g/mol. The molecule has 37 heavy (non-hydrogen) atoms. The Kier molecular flexibility index (Phi) is 5.82. The van der Waals surface area contributed by atoms with Crippen LogP contribution in [-0.4, -0.2) is 68.4 Å². The summed E-state index contributed by atoms with van der Waals surface area (Å²) >= 11 is 0.735. The maximum atomic E-state index is 13.5. The number of piperazine rings is 1. The van der Waals surface area contributed by atoms with E-state index >= 15 is 0 Å². The van der Waals surface area contributed by atoms with Crippen LogP contribution in [0.15, 0.2) is 22.2 Å². The summed E-state index contributed by atoms with van der Waals surface area (Å²) in [7, 11) is -3.87. The van der Waals surface area contributed by atoms with Gasteiger partial charge in [0.25, 0.3) is 12.4 Å².